The van der Waals surface area contributed by atoms with Crippen LogP contribution in [0, 0.1) is 6.92 Å². The number of fused-ring (bicyclic) bond motifs is 1. The molecule has 0 radical (unpaired) electrons. The monoisotopic (exact) mass is 456 g/mol. The minimum Gasteiger partial charge on any atom is -0.494 e. The smallest absolute Gasteiger partial charge is 0.319 e. The molecule has 0 aliphatic heterocycles. The molecule has 0 atom stereocenters. The van der Waals surface area contributed by atoms with Crippen LogP contribution in [0.5, 0.6) is 5.75 Å². The Kier molecular flexibility index (Phi) is 6.82. The van der Waals surface area contributed by atoms with Gasteiger partial charge in [-0.05, 0) is 54.8 Å². The summed E-state index contributed by atoms with van der Waals surface area (Å²) in [4.78, 5) is 28.7. The van der Waals surface area contributed by atoms with Crippen LogP contribution in [0.2, 0.25) is 0 Å². The largest absolute Gasteiger partial charge is 0.494 e. The van der Waals surface area contributed by atoms with Gasteiger partial charge in [-0.25, -0.2) is 4.79 Å². The number of hydrogen-bond donors (Lipinski definition) is 4. The Labute approximate surface area is 198 Å². The first kappa shape index (κ1) is 22.9. The molecule has 7 nitrogen and oxygen atoms in total. The number of aromatic amines is 1. The minimum atomic E-state index is -0.329. The predicted octanol–water partition coefficient (Wildman–Crippen LogP) is 5.22. The fraction of sp³-hybridized carbons (Fsp3) is 0.185. The third-order valence-corrected chi connectivity index (χ3v) is 5.50. The van der Waals surface area contributed by atoms with E-state index >= 15 is 0 Å². The average molecular weight is 457 g/mol. The summed E-state index contributed by atoms with van der Waals surface area (Å²) >= 11 is 0. The van der Waals surface area contributed by atoms with Crippen LogP contribution < -0.4 is 20.7 Å². The van der Waals surface area contributed by atoms with Gasteiger partial charge in [-0.3, -0.25) is 4.79 Å². The number of H-pyrrole nitrogens is 1. The van der Waals surface area contributed by atoms with Gasteiger partial charge in [-0.2, -0.15) is 0 Å². The Morgan fingerprint density at radius 3 is 2.41 bits per heavy atom. The van der Waals surface area contributed by atoms with E-state index in [1.54, 1.807) is 7.05 Å². The highest BCUT2D eigenvalue weighted by Crippen LogP contribution is 2.36. The Balaban J connectivity index is 1.72. The molecule has 0 aliphatic rings. The Hall–Kier alpha value is -4.26. The van der Waals surface area contributed by atoms with Crippen molar-refractivity contribution in [3.8, 4) is 16.9 Å². The summed E-state index contributed by atoms with van der Waals surface area (Å²) < 4.78 is 5.48. The van der Waals surface area contributed by atoms with Gasteiger partial charge in [0.2, 0.25) is 0 Å². The number of ether oxygens (including phenoxy) is 1. The maximum Gasteiger partial charge on any atom is 0.319 e. The Morgan fingerprint density at radius 2 is 1.74 bits per heavy atom. The third kappa shape index (κ3) is 4.88. The van der Waals surface area contributed by atoms with Gasteiger partial charge in [-0.1, -0.05) is 42.5 Å². The van der Waals surface area contributed by atoms with E-state index in [-0.39, 0.29) is 11.9 Å². The molecule has 0 fully saturated rings. The minimum absolute atomic E-state index is 0.229. The number of urea groups is 1. The molecule has 1 heterocycles. The fourth-order valence-corrected chi connectivity index (χ4v) is 3.94. The van der Waals surface area contributed by atoms with Gasteiger partial charge >= 0.3 is 6.03 Å². The van der Waals surface area contributed by atoms with E-state index in [1.165, 1.54) is 0 Å². The molecule has 3 aromatic carbocycles. The summed E-state index contributed by atoms with van der Waals surface area (Å²) in [6.45, 7) is 4.88. The highest BCUT2D eigenvalue weighted by atomic mass is 16.5. The summed E-state index contributed by atoms with van der Waals surface area (Å²) in [7, 11) is 1.56. The van der Waals surface area contributed by atoms with E-state index in [0.29, 0.717) is 30.0 Å². The van der Waals surface area contributed by atoms with Crippen molar-refractivity contribution in [2.45, 2.75) is 20.4 Å². The van der Waals surface area contributed by atoms with E-state index < -0.39 is 0 Å². The molecular formula is C27H28N4O3. The number of carbonyl (C=O) groups is 2. The molecule has 0 aliphatic carbocycles. The molecule has 0 bridgehead atoms. The van der Waals surface area contributed by atoms with Crippen molar-refractivity contribution in [2.24, 2.45) is 0 Å². The Morgan fingerprint density at radius 1 is 1.00 bits per heavy atom. The van der Waals surface area contributed by atoms with E-state index in [2.05, 4.69) is 20.9 Å². The van der Waals surface area contributed by atoms with E-state index in [1.807, 2.05) is 80.6 Å². The molecule has 7 heteroatoms. The summed E-state index contributed by atoms with van der Waals surface area (Å²) in [5.74, 6) is 0.568. The predicted molar refractivity (Wildman–Crippen MR) is 135 cm³/mol. The summed E-state index contributed by atoms with van der Waals surface area (Å²) in [6.07, 6.45) is 0. The van der Waals surface area contributed by atoms with Gasteiger partial charge < -0.3 is 25.7 Å². The van der Waals surface area contributed by atoms with E-state index in [9.17, 15) is 9.59 Å². The van der Waals surface area contributed by atoms with Crippen molar-refractivity contribution in [2.75, 3.05) is 19.0 Å². The lowest BCUT2D eigenvalue weighted by molar-refractivity contribution is 0.0947. The van der Waals surface area contributed by atoms with Crippen LogP contribution in [0.1, 0.15) is 28.5 Å². The van der Waals surface area contributed by atoms with Crippen LogP contribution in [0.15, 0.2) is 66.7 Å². The quantitative estimate of drug-likeness (QED) is 0.307. The van der Waals surface area contributed by atoms with Gasteiger partial charge in [0.05, 0.1) is 17.8 Å². The van der Waals surface area contributed by atoms with Crippen molar-refractivity contribution in [1.82, 2.24) is 15.6 Å². The molecule has 4 aromatic rings. The number of carbonyl (C=O) groups excluding carboxylic acids is 2. The number of benzene rings is 3. The first-order chi connectivity index (χ1) is 16.5. The zero-order valence-electron chi connectivity index (χ0n) is 19.5. The van der Waals surface area contributed by atoms with Crippen LogP contribution >= 0.6 is 0 Å². The number of hydrogen-bond acceptors (Lipinski definition) is 3. The second-order valence-corrected chi connectivity index (χ2v) is 7.94. The molecule has 0 saturated carbocycles. The number of anilines is 1. The van der Waals surface area contributed by atoms with E-state index in [4.69, 9.17) is 4.74 Å². The second kappa shape index (κ2) is 10.1. The van der Waals surface area contributed by atoms with E-state index in [0.717, 1.165) is 33.4 Å². The molecule has 0 spiro atoms. The molecule has 0 saturated heterocycles. The van der Waals surface area contributed by atoms with Crippen LogP contribution in [0.4, 0.5) is 10.5 Å². The number of nitrogens with one attached hydrogen (secondary N) is 4. The maximum atomic E-state index is 13.4. The number of aromatic nitrogens is 1. The molecule has 34 heavy (non-hydrogen) atoms. The molecule has 1 aromatic heterocycles. The second-order valence-electron chi connectivity index (χ2n) is 7.94. The van der Waals surface area contributed by atoms with Crippen molar-refractivity contribution in [3.63, 3.8) is 0 Å². The zero-order valence-corrected chi connectivity index (χ0v) is 19.5. The summed E-state index contributed by atoms with van der Waals surface area (Å²) in [6, 6.07) is 21.0. The summed E-state index contributed by atoms with van der Waals surface area (Å²) in [5, 5.41) is 9.30. The lowest BCUT2D eigenvalue weighted by Crippen LogP contribution is -2.24. The Bertz CT molecular complexity index is 1310. The molecular weight excluding hydrogens is 428 g/mol. The van der Waals surface area contributed by atoms with Crippen LogP contribution in [-0.2, 0) is 6.54 Å². The first-order valence-electron chi connectivity index (χ1n) is 11.2. The summed E-state index contributed by atoms with van der Waals surface area (Å²) in [5.41, 5.74) is 5.39. The van der Waals surface area contributed by atoms with Crippen molar-refractivity contribution >= 4 is 28.5 Å². The average Bonchev–Trinajstić information content (AvgIpc) is 3.23. The normalized spacial score (nSPS) is 10.7. The van der Waals surface area contributed by atoms with Crippen LogP contribution in [0.3, 0.4) is 0 Å². The van der Waals surface area contributed by atoms with Crippen molar-refractivity contribution in [3.05, 3.63) is 83.6 Å². The van der Waals surface area contributed by atoms with Crippen LogP contribution in [0.25, 0.3) is 22.0 Å². The third-order valence-electron chi connectivity index (χ3n) is 5.50. The molecule has 4 N–H and O–H groups in total. The number of rotatable bonds is 7. The molecule has 3 amide bonds. The zero-order chi connectivity index (χ0) is 24.1. The molecule has 0 unspecified atom stereocenters. The highest BCUT2D eigenvalue weighted by molar-refractivity contribution is 6.13. The van der Waals surface area contributed by atoms with Crippen molar-refractivity contribution in [1.29, 1.82) is 0 Å². The van der Waals surface area contributed by atoms with Crippen molar-refractivity contribution < 1.29 is 14.3 Å². The number of amides is 3. The lowest BCUT2D eigenvalue weighted by Gasteiger charge is -2.09. The number of aryl methyl sites for hydroxylation is 1. The molecule has 4 rings (SSSR count). The van der Waals surface area contributed by atoms with Gasteiger partial charge in [0.25, 0.3) is 5.91 Å². The standard InChI is InChI=1S/C27H28N4O3/c1-4-34-20-12-10-18(11-13-20)16-29-26(32)25-23(19-8-6-5-7-9-19)21-14-17(2)15-22(24(21)31-25)30-27(33)28-3/h5-15,31H,4,16H2,1-3H3,(H,29,32)(H2,28,30,33). The topological polar surface area (TPSA) is 95.2 Å². The van der Waals surface area contributed by atoms with Gasteiger partial charge in [-0.15, -0.1) is 0 Å². The highest BCUT2D eigenvalue weighted by Gasteiger charge is 2.21. The van der Waals surface area contributed by atoms with Gasteiger partial charge in [0.1, 0.15) is 11.4 Å². The maximum absolute atomic E-state index is 13.4. The fourth-order valence-electron chi connectivity index (χ4n) is 3.94. The first-order valence-corrected chi connectivity index (χ1v) is 11.2. The SMILES string of the molecule is CCOc1ccc(CNC(=O)c2[nH]c3c(NC(=O)NC)cc(C)cc3c2-c2ccccc2)cc1. The lowest BCUT2D eigenvalue weighted by atomic mass is 10.00. The van der Waals surface area contributed by atoms with Gasteiger partial charge in [0.15, 0.2) is 0 Å². The molecule has 174 valence electrons. The van der Waals surface area contributed by atoms with Crippen LogP contribution in [-0.4, -0.2) is 30.6 Å². The van der Waals surface area contributed by atoms with Gasteiger partial charge in [0, 0.05) is 24.5 Å².